The van der Waals surface area contributed by atoms with Crippen molar-refractivity contribution >= 4 is 5.91 Å². The van der Waals surface area contributed by atoms with Crippen molar-refractivity contribution in [3.63, 3.8) is 0 Å². The summed E-state index contributed by atoms with van der Waals surface area (Å²) >= 11 is 0. The van der Waals surface area contributed by atoms with Crippen molar-refractivity contribution in [2.75, 3.05) is 6.54 Å². The molecule has 0 bridgehead atoms. The van der Waals surface area contributed by atoms with Gasteiger partial charge in [-0.2, -0.15) is 0 Å². The second kappa shape index (κ2) is 6.05. The molecule has 0 aromatic heterocycles. The fraction of sp³-hybridized carbons (Fsp3) is 0.933. The van der Waals surface area contributed by atoms with E-state index in [0.717, 1.165) is 25.7 Å². The van der Waals surface area contributed by atoms with Gasteiger partial charge in [-0.3, -0.25) is 4.79 Å². The maximum Gasteiger partial charge on any atom is 0.220 e. The zero-order chi connectivity index (χ0) is 13.8. The lowest BCUT2D eigenvalue weighted by Gasteiger charge is -2.24. The number of rotatable bonds is 6. The minimum absolute atomic E-state index is 0.182. The first-order chi connectivity index (χ1) is 8.24. The molecular weight excluding hydrogens is 224 g/mol. The van der Waals surface area contributed by atoms with Gasteiger partial charge in [0, 0.05) is 12.5 Å². The lowest BCUT2D eigenvalue weighted by molar-refractivity contribution is -0.122. The molecule has 1 unspecified atom stereocenters. The number of carbonyl (C=O) groups is 1. The highest BCUT2D eigenvalue weighted by atomic mass is 16.1. The third-order valence-corrected chi connectivity index (χ3v) is 4.18. The highest BCUT2D eigenvalue weighted by Gasteiger charge is 2.31. The van der Waals surface area contributed by atoms with Crippen LogP contribution in [-0.2, 0) is 4.79 Å². The monoisotopic (exact) mass is 254 g/mol. The van der Waals surface area contributed by atoms with E-state index >= 15 is 0 Å². The Hall–Kier alpha value is -0.570. The second-order valence-corrected chi connectivity index (χ2v) is 7.37. The average molecular weight is 254 g/mol. The summed E-state index contributed by atoms with van der Waals surface area (Å²) in [5, 5.41) is 3.18. The van der Waals surface area contributed by atoms with Crippen LogP contribution in [0.5, 0.6) is 0 Å². The van der Waals surface area contributed by atoms with Crippen molar-refractivity contribution < 1.29 is 4.79 Å². The largest absolute Gasteiger partial charge is 0.353 e. The summed E-state index contributed by atoms with van der Waals surface area (Å²) in [6.45, 7) is 9.64. The van der Waals surface area contributed by atoms with Crippen LogP contribution in [0.2, 0.25) is 0 Å². The van der Waals surface area contributed by atoms with Crippen LogP contribution in [0.15, 0.2) is 0 Å². The summed E-state index contributed by atoms with van der Waals surface area (Å²) in [6, 6.07) is 0.394. The van der Waals surface area contributed by atoms with Gasteiger partial charge < -0.3 is 11.1 Å². The second-order valence-electron chi connectivity index (χ2n) is 7.37. The predicted octanol–water partition coefficient (Wildman–Crippen LogP) is 2.84. The molecule has 106 valence electrons. The SMILES string of the molecule is CC(C)(CCN)CCC(=O)NC1CCC(C)(C)C1. The number of amides is 1. The van der Waals surface area contributed by atoms with E-state index in [4.69, 9.17) is 5.73 Å². The van der Waals surface area contributed by atoms with Crippen LogP contribution in [0, 0.1) is 10.8 Å². The molecule has 0 spiro atoms. The van der Waals surface area contributed by atoms with Gasteiger partial charge in [0.1, 0.15) is 0 Å². The van der Waals surface area contributed by atoms with Gasteiger partial charge in [-0.1, -0.05) is 27.7 Å². The third-order valence-electron chi connectivity index (χ3n) is 4.18. The maximum atomic E-state index is 11.9. The van der Waals surface area contributed by atoms with Crippen LogP contribution in [-0.4, -0.2) is 18.5 Å². The molecule has 1 fully saturated rings. The summed E-state index contributed by atoms with van der Waals surface area (Å²) in [7, 11) is 0. The Morgan fingerprint density at radius 3 is 2.56 bits per heavy atom. The summed E-state index contributed by atoms with van der Waals surface area (Å²) in [5.41, 5.74) is 6.16. The van der Waals surface area contributed by atoms with Crippen molar-refractivity contribution in [1.82, 2.24) is 5.32 Å². The smallest absolute Gasteiger partial charge is 0.220 e. The summed E-state index contributed by atoms with van der Waals surface area (Å²) in [5.74, 6) is 0.211. The predicted molar refractivity (Wildman–Crippen MR) is 76.2 cm³/mol. The van der Waals surface area contributed by atoms with E-state index in [1.165, 1.54) is 6.42 Å². The number of nitrogens with two attached hydrogens (primary N) is 1. The standard InChI is InChI=1S/C15H30N2O/c1-14(2,9-10-16)8-6-13(18)17-12-5-7-15(3,4)11-12/h12H,5-11,16H2,1-4H3,(H,17,18). The van der Waals surface area contributed by atoms with E-state index in [2.05, 4.69) is 33.0 Å². The lowest BCUT2D eigenvalue weighted by atomic mass is 9.84. The number of nitrogens with one attached hydrogen (secondary N) is 1. The van der Waals surface area contributed by atoms with E-state index in [-0.39, 0.29) is 11.3 Å². The Morgan fingerprint density at radius 1 is 1.39 bits per heavy atom. The van der Waals surface area contributed by atoms with Gasteiger partial charge in [0.15, 0.2) is 0 Å². The number of carbonyl (C=O) groups excluding carboxylic acids is 1. The first-order valence-electron chi connectivity index (χ1n) is 7.24. The molecule has 0 radical (unpaired) electrons. The molecule has 1 aliphatic rings. The highest BCUT2D eigenvalue weighted by Crippen LogP contribution is 2.37. The first-order valence-corrected chi connectivity index (χ1v) is 7.24. The fourth-order valence-corrected chi connectivity index (χ4v) is 2.83. The van der Waals surface area contributed by atoms with Gasteiger partial charge in [0.25, 0.3) is 0 Å². The Kier molecular flexibility index (Phi) is 5.20. The number of hydrogen-bond donors (Lipinski definition) is 2. The molecule has 3 nitrogen and oxygen atoms in total. The minimum atomic E-state index is 0.182. The lowest BCUT2D eigenvalue weighted by Crippen LogP contribution is -2.34. The van der Waals surface area contributed by atoms with Crippen LogP contribution in [0.3, 0.4) is 0 Å². The van der Waals surface area contributed by atoms with Gasteiger partial charge in [0.2, 0.25) is 5.91 Å². The Bertz CT molecular complexity index is 284. The van der Waals surface area contributed by atoms with Gasteiger partial charge in [-0.05, 0) is 49.5 Å². The topological polar surface area (TPSA) is 55.1 Å². The molecular formula is C15H30N2O. The molecule has 1 aliphatic carbocycles. The van der Waals surface area contributed by atoms with Gasteiger partial charge in [0.05, 0.1) is 0 Å². The van der Waals surface area contributed by atoms with Crippen molar-refractivity contribution in [3.05, 3.63) is 0 Å². The maximum absolute atomic E-state index is 11.9. The normalized spacial score (nSPS) is 23.1. The van der Waals surface area contributed by atoms with Crippen LogP contribution in [0.25, 0.3) is 0 Å². The molecule has 1 atom stereocenters. The fourth-order valence-electron chi connectivity index (χ4n) is 2.83. The van der Waals surface area contributed by atoms with E-state index in [0.29, 0.717) is 24.4 Å². The molecule has 0 aliphatic heterocycles. The van der Waals surface area contributed by atoms with Crippen LogP contribution >= 0.6 is 0 Å². The van der Waals surface area contributed by atoms with E-state index in [9.17, 15) is 4.79 Å². The van der Waals surface area contributed by atoms with Crippen molar-refractivity contribution in [2.45, 2.75) is 72.3 Å². The Morgan fingerprint density at radius 2 is 2.06 bits per heavy atom. The molecule has 0 saturated heterocycles. The molecule has 18 heavy (non-hydrogen) atoms. The summed E-state index contributed by atoms with van der Waals surface area (Å²) in [6.07, 6.45) is 6.00. The summed E-state index contributed by atoms with van der Waals surface area (Å²) < 4.78 is 0. The third kappa shape index (κ3) is 5.38. The molecule has 0 heterocycles. The van der Waals surface area contributed by atoms with Crippen molar-refractivity contribution in [2.24, 2.45) is 16.6 Å². The van der Waals surface area contributed by atoms with Crippen LogP contribution in [0.1, 0.15) is 66.2 Å². The van der Waals surface area contributed by atoms with Crippen LogP contribution in [0.4, 0.5) is 0 Å². The van der Waals surface area contributed by atoms with Gasteiger partial charge in [-0.25, -0.2) is 0 Å². The van der Waals surface area contributed by atoms with Crippen molar-refractivity contribution in [3.8, 4) is 0 Å². The zero-order valence-corrected chi connectivity index (χ0v) is 12.5. The molecule has 3 heteroatoms. The molecule has 1 saturated carbocycles. The molecule has 3 N–H and O–H groups in total. The number of hydrogen-bond acceptors (Lipinski definition) is 2. The molecule has 1 rings (SSSR count). The average Bonchev–Trinajstić information content (AvgIpc) is 2.55. The molecule has 0 aromatic carbocycles. The molecule has 1 amide bonds. The van der Waals surface area contributed by atoms with E-state index in [1.807, 2.05) is 0 Å². The quantitative estimate of drug-likeness (QED) is 0.766. The van der Waals surface area contributed by atoms with Gasteiger partial charge >= 0.3 is 0 Å². The van der Waals surface area contributed by atoms with Crippen molar-refractivity contribution in [1.29, 1.82) is 0 Å². The minimum Gasteiger partial charge on any atom is -0.353 e. The zero-order valence-electron chi connectivity index (χ0n) is 12.5. The first kappa shape index (κ1) is 15.5. The Balaban J connectivity index is 2.26. The summed E-state index contributed by atoms with van der Waals surface area (Å²) in [4.78, 5) is 11.9. The molecule has 0 aromatic rings. The van der Waals surface area contributed by atoms with E-state index in [1.54, 1.807) is 0 Å². The van der Waals surface area contributed by atoms with E-state index < -0.39 is 0 Å². The van der Waals surface area contributed by atoms with Gasteiger partial charge in [-0.15, -0.1) is 0 Å². The van der Waals surface area contributed by atoms with Crippen LogP contribution < -0.4 is 11.1 Å². The Labute approximate surface area is 112 Å². The highest BCUT2D eigenvalue weighted by molar-refractivity contribution is 5.76.